The maximum absolute atomic E-state index is 12.2. The van der Waals surface area contributed by atoms with Crippen LogP contribution in [0.1, 0.15) is 36.0 Å². The molecule has 0 saturated carbocycles. The van der Waals surface area contributed by atoms with Gasteiger partial charge in [-0.1, -0.05) is 37.3 Å². The van der Waals surface area contributed by atoms with Crippen LogP contribution in [0.15, 0.2) is 35.1 Å². The second-order valence-electron chi connectivity index (χ2n) is 6.29. The fraction of sp³-hybridized carbons (Fsp3) is 0.333. The molecule has 0 radical (unpaired) electrons. The summed E-state index contributed by atoms with van der Waals surface area (Å²) in [6.45, 7) is 6.05. The van der Waals surface area contributed by atoms with E-state index in [9.17, 15) is 9.59 Å². The van der Waals surface area contributed by atoms with Gasteiger partial charge in [-0.3, -0.25) is 9.59 Å². The van der Waals surface area contributed by atoms with Gasteiger partial charge in [0.15, 0.2) is 0 Å². The Morgan fingerprint density at radius 2 is 2.15 bits per heavy atom. The normalized spacial score (nSPS) is 11.2. The van der Waals surface area contributed by atoms with Crippen molar-refractivity contribution in [3.63, 3.8) is 0 Å². The Morgan fingerprint density at radius 1 is 1.35 bits per heavy atom. The number of rotatable bonds is 6. The van der Waals surface area contributed by atoms with Crippen LogP contribution in [0.3, 0.4) is 0 Å². The molecule has 0 fully saturated rings. The van der Waals surface area contributed by atoms with Gasteiger partial charge in [0.2, 0.25) is 10.9 Å². The minimum absolute atomic E-state index is 0.0710. The molecule has 2 aromatic heterocycles. The molecule has 1 amide bonds. The molecule has 136 valence electrons. The number of aromatic nitrogens is 3. The average molecular weight is 389 g/mol. The quantitative estimate of drug-likeness (QED) is 0.700. The molecule has 8 heteroatoms. The number of carbonyl (C=O) groups excluding carboxylic acids is 1. The maximum Gasteiger partial charge on any atom is 0.275 e. The first-order chi connectivity index (χ1) is 12.4. The third kappa shape index (κ3) is 4.50. The van der Waals surface area contributed by atoms with E-state index in [1.807, 2.05) is 45.0 Å². The fourth-order valence-electron chi connectivity index (χ4n) is 2.35. The molecule has 0 saturated heterocycles. The molecular formula is C18H20N4O2S2. The van der Waals surface area contributed by atoms with Gasteiger partial charge in [-0.05, 0) is 24.6 Å². The molecule has 0 bridgehead atoms. The summed E-state index contributed by atoms with van der Waals surface area (Å²) in [5.74, 6) is 0.985. The predicted octanol–water partition coefficient (Wildman–Crippen LogP) is 3.45. The summed E-state index contributed by atoms with van der Waals surface area (Å²) in [6, 6.07) is 9.17. The Kier molecular flexibility index (Phi) is 5.73. The van der Waals surface area contributed by atoms with Crippen LogP contribution in [0.2, 0.25) is 0 Å². The zero-order chi connectivity index (χ0) is 18.7. The third-order valence-corrected chi connectivity index (χ3v) is 5.77. The molecule has 0 aliphatic heterocycles. The van der Waals surface area contributed by atoms with E-state index in [0.29, 0.717) is 22.2 Å². The molecule has 0 aliphatic rings. The topological polar surface area (TPSA) is 76.4 Å². The maximum atomic E-state index is 12.2. The molecule has 0 unspecified atom stereocenters. The minimum atomic E-state index is -0.182. The van der Waals surface area contributed by atoms with E-state index in [0.717, 1.165) is 16.3 Å². The van der Waals surface area contributed by atoms with Crippen molar-refractivity contribution in [3.8, 4) is 0 Å². The van der Waals surface area contributed by atoms with Gasteiger partial charge in [-0.25, -0.2) is 4.98 Å². The van der Waals surface area contributed by atoms with Crippen molar-refractivity contribution in [3.05, 3.63) is 57.0 Å². The van der Waals surface area contributed by atoms with Gasteiger partial charge in [0.05, 0.1) is 11.4 Å². The van der Waals surface area contributed by atoms with E-state index in [4.69, 9.17) is 0 Å². The van der Waals surface area contributed by atoms with E-state index < -0.39 is 0 Å². The number of nitrogens with one attached hydrogen (secondary N) is 1. The summed E-state index contributed by atoms with van der Waals surface area (Å²) in [5, 5.41) is 8.06. The van der Waals surface area contributed by atoms with Crippen molar-refractivity contribution in [2.24, 2.45) is 0 Å². The lowest BCUT2D eigenvalue weighted by molar-refractivity contribution is -0.113. The van der Waals surface area contributed by atoms with Gasteiger partial charge in [-0.2, -0.15) is 9.61 Å². The molecule has 0 spiro atoms. The number of fused-ring (bicyclic) bond motifs is 1. The molecule has 3 aromatic rings. The van der Waals surface area contributed by atoms with E-state index in [1.54, 1.807) is 0 Å². The zero-order valence-corrected chi connectivity index (χ0v) is 16.5. The highest BCUT2D eigenvalue weighted by molar-refractivity contribution is 7.99. The highest BCUT2D eigenvalue weighted by Gasteiger charge is 2.12. The number of hydrogen-bond donors (Lipinski definition) is 1. The Balaban J connectivity index is 1.61. The monoisotopic (exact) mass is 388 g/mol. The highest BCUT2D eigenvalue weighted by Crippen LogP contribution is 2.20. The summed E-state index contributed by atoms with van der Waals surface area (Å²) in [7, 11) is 0. The second-order valence-corrected chi connectivity index (χ2v) is 8.26. The second kappa shape index (κ2) is 8.01. The van der Waals surface area contributed by atoms with E-state index >= 15 is 0 Å². The van der Waals surface area contributed by atoms with Crippen LogP contribution in [0.5, 0.6) is 0 Å². The summed E-state index contributed by atoms with van der Waals surface area (Å²) in [5.41, 5.74) is 2.37. The van der Waals surface area contributed by atoms with Gasteiger partial charge >= 0.3 is 0 Å². The molecule has 1 N–H and O–H groups in total. The molecular weight excluding hydrogens is 368 g/mol. The molecule has 3 rings (SSSR count). The summed E-state index contributed by atoms with van der Waals surface area (Å²) < 4.78 is 1.35. The predicted molar refractivity (Wildman–Crippen MR) is 107 cm³/mol. The van der Waals surface area contributed by atoms with E-state index in [2.05, 4.69) is 15.4 Å². The Hall–Kier alpha value is -2.19. The van der Waals surface area contributed by atoms with Gasteiger partial charge in [0, 0.05) is 23.4 Å². The van der Waals surface area contributed by atoms with Crippen molar-refractivity contribution in [1.82, 2.24) is 14.6 Å². The molecule has 0 atom stereocenters. The molecule has 1 aromatic carbocycles. The first kappa shape index (κ1) is 18.6. The summed E-state index contributed by atoms with van der Waals surface area (Å²) in [6.07, 6.45) is 0. The number of aryl methyl sites for hydroxylation is 1. The number of nitrogens with zero attached hydrogens (tertiary/aromatic N) is 3. The van der Waals surface area contributed by atoms with Crippen molar-refractivity contribution in [2.75, 3.05) is 11.1 Å². The van der Waals surface area contributed by atoms with Crippen LogP contribution in [0, 0.1) is 6.92 Å². The summed E-state index contributed by atoms with van der Waals surface area (Å²) >= 11 is 2.86. The number of thioether (sulfide) groups is 1. The minimum Gasteiger partial charge on any atom is -0.325 e. The molecule has 6 nitrogen and oxygen atoms in total. The van der Waals surface area contributed by atoms with Gasteiger partial charge in [0.25, 0.3) is 5.56 Å². The summed E-state index contributed by atoms with van der Waals surface area (Å²) in [4.78, 5) is 29.3. The van der Waals surface area contributed by atoms with Gasteiger partial charge in [0.1, 0.15) is 5.01 Å². The first-order valence-corrected chi connectivity index (χ1v) is 10.2. The van der Waals surface area contributed by atoms with Crippen LogP contribution < -0.4 is 10.9 Å². The van der Waals surface area contributed by atoms with Crippen molar-refractivity contribution in [2.45, 2.75) is 32.4 Å². The Morgan fingerprint density at radius 3 is 2.88 bits per heavy atom. The molecule has 2 heterocycles. The third-order valence-electron chi connectivity index (χ3n) is 3.59. The SMILES string of the molecule is Cc1cccc(NC(=O)CSCc2cc(=O)n3nc(C(C)C)sc3n2)c1. The largest absolute Gasteiger partial charge is 0.325 e. The first-order valence-electron chi connectivity index (χ1n) is 8.26. The number of amides is 1. The zero-order valence-electron chi connectivity index (χ0n) is 14.9. The number of hydrogen-bond acceptors (Lipinski definition) is 6. The van der Waals surface area contributed by atoms with Gasteiger partial charge < -0.3 is 5.32 Å². The molecule has 26 heavy (non-hydrogen) atoms. The van der Waals surface area contributed by atoms with Crippen LogP contribution >= 0.6 is 23.1 Å². The van der Waals surface area contributed by atoms with Crippen molar-refractivity contribution >= 4 is 39.7 Å². The lowest BCUT2D eigenvalue weighted by atomic mass is 10.2. The number of carbonyl (C=O) groups is 1. The standard InChI is InChI=1S/C18H20N4O2S2/c1-11(2)17-21-22-16(24)8-14(20-18(22)26-17)9-25-10-15(23)19-13-6-4-5-12(3)7-13/h4-8,11H,9-10H2,1-3H3,(H,19,23). The Bertz CT molecular complexity index is 994. The molecule has 0 aliphatic carbocycles. The van der Waals surface area contributed by atoms with Crippen molar-refractivity contribution in [1.29, 1.82) is 0 Å². The van der Waals surface area contributed by atoms with Gasteiger partial charge in [-0.15, -0.1) is 11.8 Å². The average Bonchev–Trinajstić information content (AvgIpc) is 3.00. The highest BCUT2D eigenvalue weighted by atomic mass is 32.2. The fourth-order valence-corrected chi connectivity index (χ4v) is 3.99. The lowest BCUT2D eigenvalue weighted by Gasteiger charge is -2.05. The smallest absolute Gasteiger partial charge is 0.275 e. The van der Waals surface area contributed by atoms with Crippen LogP contribution in [0.4, 0.5) is 5.69 Å². The van der Waals surface area contributed by atoms with E-state index in [-0.39, 0.29) is 17.4 Å². The van der Waals surface area contributed by atoms with Crippen molar-refractivity contribution < 1.29 is 4.79 Å². The number of benzene rings is 1. The lowest BCUT2D eigenvalue weighted by Crippen LogP contribution is -2.16. The van der Waals surface area contributed by atoms with Crippen LogP contribution in [-0.4, -0.2) is 26.3 Å². The Labute approximate surface area is 159 Å². The number of anilines is 1. The van der Waals surface area contributed by atoms with E-state index in [1.165, 1.54) is 33.7 Å². The van der Waals surface area contributed by atoms with Crippen LogP contribution in [-0.2, 0) is 10.5 Å². The van der Waals surface area contributed by atoms with Crippen LogP contribution in [0.25, 0.3) is 4.96 Å².